The molecule has 0 unspecified atom stereocenters. The highest BCUT2D eigenvalue weighted by molar-refractivity contribution is 9.10. The topological polar surface area (TPSA) is 0 Å². The van der Waals surface area contributed by atoms with Crippen molar-refractivity contribution in [1.29, 1.82) is 0 Å². The van der Waals surface area contributed by atoms with Gasteiger partial charge in [0.15, 0.2) is 0 Å². The first-order chi connectivity index (χ1) is 5.04. The molecule has 0 saturated heterocycles. The largest absolute Gasteiger partial charge is 0.142 e. The van der Waals surface area contributed by atoms with E-state index in [1.165, 1.54) is 16.7 Å². The molecular weight excluding hydrogens is 220 g/mol. The summed E-state index contributed by atoms with van der Waals surface area (Å²) in [5.74, 6) is 0. The Bertz CT molecular complexity index is 266. The first-order valence-electron chi connectivity index (χ1n) is 3.49. The fraction of sp³-hybridized carbons (Fsp3) is 0.333. The van der Waals surface area contributed by atoms with Crippen LogP contribution in [0.1, 0.15) is 16.7 Å². The molecule has 0 fully saturated rings. The maximum absolute atomic E-state index is 4.38. The standard InChI is InChI=1S/C9H11BrS/c1-5-4-8(10)9(11)7(3)6(5)2/h4,11H,1-3H3. The van der Waals surface area contributed by atoms with Crippen molar-refractivity contribution in [1.82, 2.24) is 0 Å². The smallest absolute Gasteiger partial charge is 0.0314 e. The van der Waals surface area contributed by atoms with Crippen molar-refractivity contribution >= 4 is 28.6 Å². The SMILES string of the molecule is Cc1cc(Br)c(S)c(C)c1C. The van der Waals surface area contributed by atoms with Crippen LogP contribution in [0.15, 0.2) is 15.4 Å². The average molecular weight is 231 g/mol. The third-order valence-corrected chi connectivity index (χ3v) is 3.59. The lowest BCUT2D eigenvalue weighted by atomic mass is 10.1. The van der Waals surface area contributed by atoms with Crippen LogP contribution in [0.5, 0.6) is 0 Å². The molecule has 0 heterocycles. The number of thiol groups is 1. The summed E-state index contributed by atoms with van der Waals surface area (Å²) in [5, 5.41) is 0. The third-order valence-electron chi connectivity index (χ3n) is 2.08. The molecule has 0 nitrogen and oxygen atoms in total. The summed E-state index contributed by atoms with van der Waals surface area (Å²) < 4.78 is 1.08. The molecular formula is C9H11BrS. The number of halogens is 1. The van der Waals surface area contributed by atoms with Crippen LogP contribution in [0, 0.1) is 20.8 Å². The van der Waals surface area contributed by atoms with Gasteiger partial charge in [0, 0.05) is 9.37 Å². The van der Waals surface area contributed by atoms with Crippen LogP contribution in [-0.4, -0.2) is 0 Å². The molecule has 11 heavy (non-hydrogen) atoms. The van der Waals surface area contributed by atoms with Crippen LogP contribution >= 0.6 is 28.6 Å². The fourth-order valence-corrected chi connectivity index (χ4v) is 1.89. The Hall–Kier alpha value is 0.0500. The monoisotopic (exact) mass is 230 g/mol. The van der Waals surface area contributed by atoms with Gasteiger partial charge in [-0.05, 0) is 59.5 Å². The van der Waals surface area contributed by atoms with Gasteiger partial charge < -0.3 is 0 Å². The van der Waals surface area contributed by atoms with Crippen LogP contribution in [0.25, 0.3) is 0 Å². The second-order valence-electron chi connectivity index (χ2n) is 2.77. The molecule has 0 N–H and O–H groups in total. The molecule has 0 aliphatic heterocycles. The second-order valence-corrected chi connectivity index (χ2v) is 4.08. The van der Waals surface area contributed by atoms with Crippen molar-refractivity contribution in [3.63, 3.8) is 0 Å². The van der Waals surface area contributed by atoms with E-state index in [2.05, 4.69) is 55.4 Å². The summed E-state index contributed by atoms with van der Waals surface area (Å²) in [5.41, 5.74) is 3.91. The van der Waals surface area contributed by atoms with Gasteiger partial charge in [0.05, 0.1) is 0 Å². The van der Waals surface area contributed by atoms with Crippen molar-refractivity contribution in [2.45, 2.75) is 25.7 Å². The average Bonchev–Trinajstić information content (AvgIpc) is 1.97. The first kappa shape index (κ1) is 9.14. The maximum Gasteiger partial charge on any atom is 0.0314 e. The van der Waals surface area contributed by atoms with Gasteiger partial charge in [0.2, 0.25) is 0 Å². The fourth-order valence-electron chi connectivity index (χ4n) is 1.02. The zero-order valence-electron chi connectivity index (χ0n) is 6.90. The van der Waals surface area contributed by atoms with E-state index in [1.807, 2.05) is 0 Å². The molecule has 0 aliphatic rings. The molecule has 0 spiro atoms. The van der Waals surface area contributed by atoms with Crippen molar-refractivity contribution < 1.29 is 0 Å². The lowest BCUT2D eigenvalue weighted by Gasteiger charge is -2.08. The number of hydrogen-bond acceptors (Lipinski definition) is 1. The van der Waals surface area contributed by atoms with Crippen molar-refractivity contribution in [2.24, 2.45) is 0 Å². The number of rotatable bonds is 0. The van der Waals surface area contributed by atoms with E-state index in [9.17, 15) is 0 Å². The van der Waals surface area contributed by atoms with Gasteiger partial charge in [0.25, 0.3) is 0 Å². The molecule has 0 aromatic heterocycles. The van der Waals surface area contributed by atoms with Crippen LogP contribution in [-0.2, 0) is 0 Å². The van der Waals surface area contributed by atoms with E-state index in [4.69, 9.17) is 0 Å². The van der Waals surface area contributed by atoms with Gasteiger partial charge >= 0.3 is 0 Å². The van der Waals surface area contributed by atoms with Crippen LogP contribution < -0.4 is 0 Å². The molecule has 0 saturated carbocycles. The highest BCUT2D eigenvalue weighted by Gasteiger charge is 2.04. The van der Waals surface area contributed by atoms with Gasteiger partial charge in [0.1, 0.15) is 0 Å². The summed E-state index contributed by atoms with van der Waals surface area (Å²) in [6.07, 6.45) is 0. The number of benzene rings is 1. The highest BCUT2D eigenvalue weighted by Crippen LogP contribution is 2.28. The Kier molecular flexibility index (Phi) is 2.66. The normalized spacial score (nSPS) is 10.3. The lowest BCUT2D eigenvalue weighted by molar-refractivity contribution is 1.17. The number of hydrogen-bond donors (Lipinski definition) is 1. The number of aryl methyl sites for hydroxylation is 1. The summed E-state index contributed by atoms with van der Waals surface area (Å²) in [6.45, 7) is 6.33. The minimum atomic E-state index is 1.05. The van der Waals surface area contributed by atoms with E-state index in [1.54, 1.807) is 0 Å². The third kappa shape index (κ3) is 1.62. The van der Waals surface area contributed by atoms with Crippen molar-refractivity contribution in [3.8, 4) is 0 Å². The first-order valence-corrected chi connectivity index (χ1v) is 4.73. The molecule has 0 bridgehead atoms. The van der Waals surface area contributed by atoms with E-state index >= 15 is 0 Å². The van der Waals surface area contributed by atoms with E-state index < -0.39 is 0 Å². The Morgan fingerprint density at radius 1 is 1.18 bits per heavy atom. The van der Waals surface area contributed by atoms with Gasteiger partial charge in [-0.1, -0.05) is 0 Å². The summed E-state index contributed by atoms with van der Waals surface area (Å²) in [6, 6.07) is 2.10. The highest BCUT2D eigenvalue weighted by atomic mass is 79.9. The Morgan fingerprint density at radius 3 is 2.27 bits per heavy atom. The van der Waals surface area contributed by atoms with Crippen LogP contribution in [0.4, 0.5) is 0 Å². The molecule has 60 valence electrons. The molecule has 0 amide bonds. The minimum Gasteiger partial charge on any atom is -0.142 e. The zero-order chi connectivity index (χ0) is 8.59. The summed E-state index contributed by atoms with van der Waals surface area (Å²) >= 11 is 7.84. The second kappa shape index (κ2) is 3.20. The Morgan fingerprint density at radius 2 is 1.73 bits per heavy atom. The van der Waals surface area contributed by atoms with Crippen molar-refractivity contribution in [2.75, 3.05) is 0 Å². The van der Waals surface area contributed by atoms with Gasteiger partial charge in [-0.15, -0.1) is 12.6 Å². The van der Waals surface area contributed by atoms with Gasteiger partial charge in [-0.3, -0.25) is 0 Å². The van der Waals surface area contributed by atoms with Gasteiger partial charge in [-0.2, -0.15) is 0 Å². The Balaban J connectivity index is 3.46. The van der Waals surface area contributed by atoms with Crippen molar-refractivity contribution in [3.05, 3.63) is 27.2 Å². The zero-order valence-corrected chi connectivity index (χ0v) is 9.38. The minimum absolute atomic E-state index is 1.05. The predicted octanol–water partition coefficient (Wildman–Crippen LogP) is 3.66. The predicted molar refractivity (Wildman–Crippen MR) is 55.6 cm³/mol. The Labute approximate surface area is 81.5 Å². The van der Waals surface area contributed by atoms with Crippen LogP contribution in [0.2, 0.25) is 0 Å². The summed E-state index contributed by atoms with van der Waals surface area (Å²) in [7, 11) is 0. The van der Waals surface area contributed by atoms with E-state index in [-0.39, 0.29) is 0 Å². The van der Waals surface area contributed by atoms with E-state index in [0.29, 0.717) is 0 Å². The molecule has 0 aliphatic carbocycles. The maximum atomic E-state index is 4.38. The molecule has 0 atom stereocenters. The molecule has 1 aromatic rings. The van der Waals surface area contributed by atoms with E-state index in [0.717, 1.165) is 9.37 Å². The van der Waals surface area contributed by atoms with Crippen LogP contribution in [0.3, 0.4) is 0 Å². The quantitative estimate of drug-likeness (QED) is 0.647. The van der Waals surface area contributed by atoms with Gasteiger partial charge in [-0.25, -0.2) is 0 Å². The molecule has 2 heteroatoms. The molecule has 1 aromatic carbocycles. The molecule has 1 rings (SSSR count). The summed E-state index contributed by atoms with van der Waals surface area (Å²) in [4.78, 5) is 1.05. The molecule has 0 radical (unpaired) electrons. The lowest BCUT2D eigenvalue weighted by Crippen LogP contribution is -1.88.